The lowest BCUT2D eigenvalue weighted by Gasteiger charge is -2.11. The first-order chi connectivity index (χ1) is 11.5. The van der Waals surface area contributed by atoms with Crippen molar-refractivity contribution in [3.8, 4) is 9.88 Å². The van der Waals surface area contributed by atoms with Gasteiger partial charge < -0.3 is 16.0 Å². The minimum absolute atomic E-state index is 0.117. The summed E-state index contributed by atoms with van der Waals surface area (Å²) in [4.78, 5) is 31.6. The molecular formula is C14H15N7OS2. The molecule has 0 aliphatic carbocycles. The SMILES string of the molecule is CN(C)c1nc(N)nc(CNC(=O)c2csc(-c3cccs3)n2)n1. The van der Waals surface area contributed by atoms with Gasteiger partial charge in [-0.2, -0.15) is 15.0 Å². The third-order valence-corrected chi connectivity index (χ3v) is 4.84. The van der Waals surface area contributed by atoms with Gasteiger partial charge in [-0.3, -0.25) is 4.79 Å². The largest absolute Gasteiger partial charge is 0.368 e. The van der Waals surface area contributed by atoms with Crippen LogP contribution in [0.3, 0.4) is 0 Å². The van der Waals surface area contributed by atoms with Crippen molar-refractivity contribution >= 4 is 40.5 Å². The van der Waals surface area contributed by atoms with Gasteiger partial charge >= 0.3 is 0 Å². The van der Waals surface area contributed by atoms with Crippen LogP contribution in [-0.4, -0.2) is 39.9 Å². The van der Waals surface area contributed by atoms with E-state index in [1.54, 1.807) is 35.7 Å². The Kier molecular flexibility index (Phi) is 4.67. The Bertz CT molecular complexity index is 845. The van der Waals surface area contributed by atoms with Gasteiger partial charge in [0.2, 0.25) is 11.9 Å². The molecule has 10 heteroatoms. The van der Waals surface area contributed by atoms with Crippen LogP contribution >= 0.6 is 22.7 Å². The maximum atomic E-state index is 12.2. The lowest BCUT2D eigenvalue weighted by Crippen LogP contribution is -2.25. The van der Waals surface area contributed by atoms with Gasteiger partial charge in [0.25, 0.3) is 5.91 Å². The quantitative estimate of drug-likeness (QED) is 0.711. The fourth-order valence-corrected chi connectivity index (χ4v) is 3.46. The summed E-state index contributed by atoms with van der Waals surface area (Å²) in [7, 11) is 3.61. The van der Waals surface area contributed by atoms with E-state index in [2.05, 4.69) is 25.3 Å². The van der Waals surface area contributed by atoms with Crippen LogP contribution in [-0.2, 0) is 6.54 Å². The second-order valence-corrected chi connectivity index (χ2v) is 6.81. The molecule has 3 N–H and O–H groups in total. The highest BCUT2D eigenvalue weighted by Crippen LogP contribution is 2.27. The van der Waals surface area contributed by atoms with Gasteiger partial charge in [-0.15, -0.1) is 22.7 Å². The molecule has 3 aromatic heterocycles. The zero-order valence-corrected chi connectivity index (χ0v) is 14.7. The van der Waals surface area contributed by atoms with Crippen molar-refractivity contribution in [1.82, 2.24) is 25.3 Å². The zero-order valence-electron chi connectivity index (χ0n) is 13.1. The standard InChI is InChI=1S/C14H15N7OS2/c1-21(2)14-19-10(18-13(15)20-14)6-16-11(22)8-7-24-12(17-8)9-4-3-5-23-9/h3-5,7H,6H2,1-2H3,(H,16,22)(H2,15,18,19,20). The lowest BCUT2D eigenvalue weighted by atomic mass is 10.4. The predicted octanol–water partition coefficient (Wildman–Crippen LogP) is 1.63. The highest BCUT2D eigenvalue weighted by molar-refractivity contribution is 7.20. The topological polar surface area (TPSA) is 110 Å². The first kappa shape index (κ1) is 16.3. The van der Waals surface area contributed by atoms with Gasteiger partial charge in [0.15, 0.2) is 5.82 Å². The number of nitrogens with zero attached hydrogens (tertiary/aromatic N) is 5. The highest BCUT2D eigenvalue weighted by Gasteiger charge is 2.13. The Morgan fingerprint density at radius 3 is 2.79 bits per heavy atom. The van der Waals surface area contributed by atoms with Gasteiger partial charge in [0, 0.05) is 19.5 Å². The molecule has 0 bridgehead atoms. The summed E-state index contributed by atoms with van der Waals surface area (Å²) >= 11 is 3.02. The molecule has 0 saturated carbocycles. The molecule has 124 valence electrons. The number of nitrogens with one attached hydrogen (secondary N) is 1. The number of nitrogens with two attached hydrogens (primary N) is 1. The Hall–Kier alpha value is -2.59. The van der Waals surface area contributed by atoms with Crippen LogP contribution in [0.4, 0.5) is 11.9 Å². The molecule has 0 aliphatic rings. The van der Waals surface area contributed by atoms with Gasteiger partial charge in [-0.25, -0.2) is 4.98 Å². The number of aromatic nitrogens is 4. The van der Waals surface area contributed by atoms with Crippen molar-refractivity contribution in [2.75, 3.05) is 24.7 Å². The smallest absolute Gasteiger partial charge is 0.271 e. The third kappa shape index (κ3) is 3.66. The maximum absolute atomic E-state index is 12.2. The summed E-state index contributed by atoms with van der Waals surface area (Å²) in [5.41, 5.74) is 6.03. The summed E-state index contributed by atoms with van der Waals surface area (Å²) in [5, 5.41) is 7.29. The lowest BCUT2D eigenvalue weighted by molar-refractivity contribution is 0.0945. The normalized spacial score (nSPS) is 10.6. The molecule has 0 spiro atoms. The van der Waals surface area contributed by atoms with Gasteiger partial charge in [-0.05, 0) is 11.4 Å². The Morgan fingerprint density at radius 1 is 1.25 bits per heavy atom. The molecule has 0 aliphatic heterocycles. The van der Waals surface area contributed by atoms with Crippen molar-refractivity contribution < 1.29 is 4.79 Å². The average molecular weight is 361 g/mol. The van der Waals surface area contributed by atoms with E-state index >= 15 is 0 Å². The monoisotopic (exact) mass is 361 g/mol. The van der Waals surface area contributed by atoms with Crippen LogP contribution in [0.5, 0.6) is 0 Å². The Balaban J connectivity index is 1.68. The number of rotatable bonds is 5. The van der Waals surface area contributed by atoms with Crippen LogP contribution < -0.4 is 16.0 Å². The molecule has 0 atom stereocenters. The number of carbonyl (C=O) groups excluding carboxylic acids is 1. The molecule has 0 fully saturated rings. The van der Waals surface area contributed by atoms with Crippen LogP contribution in [0.15, 0.2) is 22.9 Å². The number of thiophene rings is 1. The summed E-state index contributed by atoms with van der Waals surface area (Å²) < 4.78 is 0. The number of thiazole rings is 1. The van der Waals surface area contributed by atoms with E-state index in [9.17, 15) is 4.79 Å². The molecule has 3 aromatic rings. The molecule has 0 radical (unpaired) electrons. The molecule has 3 heterocycles. The van der Waals surface area contributed by atoms with Crippen molar-refractivity contribution in [3.05, 3.63) is 34.4 Å². The first-order valence-electron chi connectivity index (χ1n) is 6.98. The van der Waals surface area contributed by atoms with E-state index in [0.29, 0.717) is 17.5 Å². The summed E-state index contributed by atoms with van der Waals surface area (Å²) in [5.74, 6) is 0.680. The second-order valence-electron chi connectivity index (χ2n) is 5.00. The minimum Gasteiger partial charge on any atom is -0.368 e. The molecule has 24 heavy (non-hydrogen) atoms. The number of anilines is 2. The zero-order chi connectivity index (χ0) is 17.1. The molecule has 0 saturated heterocycles. The van der Waals surface area contributed by atoms with Crippen molar-refractivity contribution in [1.29, 1.82) is 0 Å². The predicted molar refractivity (Wildman–Crippen MR) is 95.2 cm³/mol. The van der Waals surface area contributed by atoms with Crippen molar-refractivity contribution in [2.24, 2.45) is 0 Å². The number of nitrogen functional groups attached to an aromatic ring is 1. The van der Waals surface area contributed by atoms with Crippen LogP contribution in [0.1, 0.15) is 16.3 Å². The fraction of sp³-hybridized carbons (Fsp3) is 0.214. The van der Waals surface area contributed by atoms with Gasteiger partial charge in [0.05, 0.1) is 11.4 Å². The number of amides is 1. The minimum atomic E-state index is -0.278. The summed E-state index contributed by atoms with van der Waals surface area (Å²) in [6.45, 7) is 0.151. The van der Waals surface area contributed by atoms with Crippen LogP contribution in [0.2, 0.25) is 0 Å². The summed E-state index contributed by atoms with van der Waals surface area (Å²) in [6.07, 6.45) is 0. The van der Waals surface area contributed by atoms with Gasteiger partial charge in [0.1, 0.15) is 10.7 Å². The van der Waals surface area contributed by atoms with Crippen LogP contribution in [0, 0.1) is 0 Å². The number of hydrogen-bond donors (Lipinski definition) is 2. The molecule has 3 rings (SSSR count). The highest BCUT2D eigenvalue weighted by atomic mass is 32.1. The van der Waals surface area contributed by atoms with E-state index in [1.807, 2.05) is 17.5 Å². The Morgan fingerprint density at radius 2 is 2.08 bits per heavy atom. The number of carbonyl (C=O) groups is 1. The first-order valence-corrected chi connectivity index (χ1v) is 8.74. The summed E-state index contributed by atoms with van der Waals surface area (Å²) in [6, 6.07) is 3.93. The molecule has 0 aromatic carbocycles. The van der Waals surface area contributed by atoms with Crippen molar-refractivity contribution in [2.45, 2.75) is 6.54 Å². The van der Waals surface area contributed by atoms with E-state index in [4.69, 9.17) is 5.73 Å². The van der Waals surface area contributed by atoms with E-state index in [-0.39, 0.29) is 18.4 Å². The molecule has 0 unspecified atom stereocenters. The molecule has 8 nitrogen and oxygen atoms in total. The van der Waals surface area contributed by atoms with Crippen molar-refractivity contribution in [3.63, 3.8) is 0 Å². The average Bonchev–Trinajstić information content (AvgIpc) is 3.22. The molecular weight excluding hydrogens is 346 g/mol. The van der Waals surface area contributed by atoms with E-state index in [0.717, 1.165) is 9.88 Å². The fourth-order valence-electron chi connectivity index (χ4n) is 1.85. The number of hydrogen-bond acceptors (Lipinski definition) is 9. The molecule has 1 amide bonds. The van der Waals surface area contributed by atoms with E-state index in [1.165, 1.54) is 11.3 Å². The van der Waals surface area contributed by atoms with E-state index < -0.39 is 0 Å². The Labute approximate surface area is 146 Å². The third-order valence-electron chi connectivity index (χ3n) is 2.96. The van der Waals surface area contributed by atoms with Gasteiger partial charge in [-0.1, -0.05) is 6.07 Å². The second kappa shape index (κ2) is 6.89. The maximum Gasteiger partial charge on any atom is 0.271 e. The van der Waals surface area contributed by atoms with Crippen LogP contribution in [0.25, 0.3) is 9.88 Å².